The van der Waals surface area contributed by atoms with Gasteiger partial charge in [0.2, 0.25) is 0 Å². The van der Waals surface area contributed by atoms with Crippen LogP contribution in [0.1, 0.15) is 41.5 Å². The summed E-state index contributed by atoms with van der Waals surface area (Å²) in [5.41, 5.74) is 2.06. The number of furan rings is 1. The lowest BCUT2D eigenvalue weighted by molar-refractivity contribution is -0.145. The van der Waals surface area contributed by atoms with E-state index in [1.165, 1.54) is 12.5 Å². The van der Waals surface area contributed by atoms with Crippen molar-refractivity contribution in [1.29, 1.82) is 0 Å². The molecule has 2 aromatic rings. The summed E-state index contributed by atoms with van der Waals surface area (Å²) in [6.07, 6.45) is 4.57. The first kappa shape index (κ1) is 15.3. The Hall–Kier alpha value is -2.57. The number of rotatable bonds is 4. The van der Waals surface area contributed by atoms with Gasteiger partial charge in [-0.1, -0.05) is 0 Å². The van der Waals surface area contributed by atoms with Crippen LogP contribution in [0.15, 0.2) is 29.3 Å². The van der Waals surface area contributed by atoms with Gasteiger partial charge in [-0.25, -0.2) is 4.98 Å². The van der Waals surface area contributed by atoms with Crippen LogP contribution in [-0.2, 0) is 22.6 Å². The van der Waals surface area contributed by atoms with Crippen LogP contribution in [0.2, 0.25) is 0 Å². The molecule has 0 aliphatic carbocycles. The lowest BCUT2D eigenvalue weighted by atomic mass is 9.97. The number of fused-ring (bicyclic) bond motifs is 1. The Morgan fingerprint density at radius 1 is 1.43 bits per heavy atom. The molecule has 7 nitrogen and oxygen atoms in total. The minimum absolute atomic E-state index is 0.176. The standard InChI is InChI=1S/C16H19N3O4/c1-3-18-10-17-13-8-19(15(20)11-5-6-22-9-11)7-12(14(13)18)16(21)23-4-2/h5-6,9-10,12H,3-4,7-8H2,1-2H3/t12-/m1/s1. The van der Waals surface area contributed by atoms with Crippen LogP contribution in [0.4, 0.5) is 0 Å². The molecule has 0 N–H and O–H groups in total. The van der Waals surface area contributed by atoms with Crippen molar-refractivity contribution in [3.63, 3.8) is 0 Å². The molecule has 0 aromatic carbocycles. The van der Waals surface area contributed by atoms with Gasteiger partial charge in [-0.2, -0.15) is 0 Å². The predicted octanol–water partition coefficient (Wildman–Crippen LogP) is 1.80. The van der Waals surface area contributed by atoms with Crippen molar-refractivity contribution < 1.29 is 18.7 Å². The highest BCUT2D eigenvalue weighted by atomic mass is 16.5. The fourth-order valence-corrected chi connectivity index (χ4v) is 2.91. The minimum Gasteiger partial charge on any atom is -0.472 e. The molecule has 7 heteroatoms. The molecular weight excluding hydrogens is 298 g/mol. The van der Waals surface area contributed by atoms with Gasteiger partial charge in [0.1, 0.15) is 12.2 Å². The van der Waals surface area contributed by atoms with E-state index in [0.29, 0.717) is 25.3 Å². The van der Waals surface area contributed by atoms with Crippen LogP contribution in [0, 0.1) is 0 Å². The van der Waals surface area contributed by atoms with Gasteiger partial charge in [-0.05, 0) is 19.9 Å². The van der Waals surface area contributed by atoms with Gasteiger partial charge < -0.3 is 18.6 Å². The maximum Gasteiger partial charge on any atom is 0.316 e. The van der Waals surface area contributed by atoms with E-state index in [2.05, 4.69) is 4.98 Å². The lowest BCUT2D eigenvalue weighted by Crippen LogP contribution is -2.41. The van der Waals surface area contributed by atoms with Gasteiger partial charge >= 0.3 is 5.97 Å². The number of imidazole rings is 1. The predicted molar refractivity (Wildman–Crippen MR) is 80.7 cm³/mol. The smallest absolute Gasteiger partial charge is 0.316 e. The van der Waals surface area contributed by atoms with Crippen LogP contribution >= 0.6 is 0 Å². The van der Waals surface area contributed by atoms with E-state index in [1.807, 2.05) is 11.5 Å². The molecule has 122 valence electrons. The maximum atomic E-state index is 12.6. The number of aromatic nitrogens is 2. The van der Waals surface area contributed by atoms with E-state index < -0.39 is 5.92 Å². The first-order chi connectivity index (χ1) is 11.2. The van der Waals surface area contributed by atoms with Gasteiger partial charge in [-0.15, -0.1) is 0 Å². The monoisotopic (exact) mass is 317 g/mol. The Morgan fingerprint density at radius 2 is 2.26 bits per heavy atom. The third kappa shape index (κ3) is 2.74. The molecule has 1 atom stereocenters. The number of carbonyl (C=O) groups excluding carboxylic acids is 2. The van der Waals surface area contributed by atoms with Crippen LogP contribution in [0.5, 0.6) is 0 Å². The average molecular weight is 317 g/mol. The fourth-order valence-electron chi connectivity index (χ4n) is 2.91. The quantitative estimate of drug-likeness (QED) is 0.804. The molecule has 1 aliphatic rings. The van der Waals surface area contributed by atoms with Crippen molar-refractivity contribution in [2.75, 3.05) is 13.2 Å². The Kier molecular flexibility index (Phi) is 4.18. The number of esters is 1. The molecule has 2 aromatic heterocycles. The molecule has 3 rings (SSSR count). The van der Waals surface area contributed by atoms with Gasteiger partial charge in [0.25, 0.3) is 5.91 Å². The second-order valence-electron chi connectivity index (χ2n) is 5.36. The Bertz CT molecular complexity index is 705. The van der Waals surface area contributed by atoms with Crippen molar-refractivity contribution >= 4 is 11.9 Å². The number of aryl methyl sites for hydroxylation is 1. The van der Waals surface area contributed by atoms with E-state index in [9.17, 15) is 9.59 Å². The third-order valence-electron chi connectivity index (χ3n) is 4.00. The maximum absolute atomic E-state index is 12.6. The Morgan fingerprint density at radius 3 is 2.91 bits per heavy atom. The molecule has 0 spiro atoms. The summed E-state index contributed by atoms with van der Waals surface area (Å²) in [7, 11) is 0. The van der Waals surface area contributed by atoms with E-state index in [0.717, 1.165) is 11.4 Å². The second kappa shape index (κ2) is 6.28. The first-order valence-corrected chi connectivity index (χ1v) is 7.67. The highest BCUT2D eigenvalue weighted by molar-refractivity contribution is 5.94. The number of ether oxygens (including phenoxy) is 1. The molecule has 0 saturated carbocycles. The van der Waals surface area contributed by atoms with E-state index in [4.69, 9.17) is 9.15 Å². The summed E-state index contributed by atoms with van der Waals surface area (Å²) in [4.78, 5) is 30.9. The first-order valence-electron chi connectivity index (χ1n) is 7.67. The van der Waals surface area contributed by atoms with Crippen LogP contribution in [-0.4, -0.2) is 39.5 Å². The zero-order valence-corrected chi connectivity index (χ0v) is 13.2. The normalized spacial score (nSPS) is 17.0. The highest BCUT2D eigenvalue weighted by Crippen LogP contribution is 2.30. The second-order valence-corrected chi connectivity index (χ2v) is 5.36. The summed E-state index contributed by atoms with van der Waals surface area (Å²) in [5, 5.41) is 0. The molecule has 3 heterocycles. The zero-order valence-electron chi connectivity index (χ0n) is 13.2. The average Bonchev–Trinajstić information content (AvgIpc) is 3.22. The Balaban J connectivity index is 1.93. The molecule has 1 aliphatic heterocycles. The van der Waals surface area contributed by atoms with Crippen LogP contribution < -0.4 is 0 Å². The molecule has 0 saturated heterocycles. The lowest BCUT2D eigenvalue weighted by Gasteiger charge is -2.31. The fraction of sp³-hybridized carbons (Fsp3) is 0.438. The molecule has 0 fully saturated rings. The van der Waals surface area contributed by atoms with Crippen molar-refractivity contribution in [3.05, 3.63) is 41.9 Å². The summed E-state index contributed by atoms with van der Waals surface area (Å²) in [6, 6.07) is 1.61. The number of carbonyl (C=O) groups is 2. The molecule has 0 bridgehead atoms. The zero-order chi connectivity index (χ0) is 16.4. The summed E-state index contributed by atoms with van der Waals surface area (Å²) < 4.78 is 12.1. The summed E-state index contributed by atoms with van der Waals surface area (Å²) in [6.45, 7) is 5.44. The van der Waals surface area contributed by atoms with Gasteiger partial charge in [0.05, 0.1) is 42.7 Å². The minimum atomic E-state index is -0.517. The topological polar surface area (TPSA) is 77.6 Å². The third-order valence-corrected chi connectivity index (χ3v) is 4.00. The molecule has 0 unspecified atom stereocenters. The largest absolute Gasteiger partial charge is 0.472 e. The van der Waals surface area contributed by atoms with Gasteiger partial charge in [0, 0.05) is 13.1 Å². The van der Waals surface area contributed by atoms with E-state index in [-0.39, 0.29) is 18.4 Å². The number of amides is 1. The van der Waals surface area contributed by atoms with Gasteiger partial charge in [0.15, 0.2) is 0 Å². The highest BCUT2D eigenvalue weighted by Gasteiger charge is 2.37. The van der Waals surface area contributed by atoms with Gasteiger partial charge in [-0.3, -0.25) is 9.59 Å². The van der Waals surface area contributed by atoms with Crippen molar-refractivity contribution in [1.82, 2.24) is 14.5 Å². The molecular formula is C16H19N3O4. The van der Waals surface area contributed by atoms with Crippen molar-refractivity contribution in [2.24, 2.45) is 0 Å². The SMILES string of the molecule is CCOC(=O)[C@@H]1CN(C(=O)c2ccoc2)Cc2ncn(CC)c21. The number of hydrogen-bond donors (Lipinski definition) is 0. The van der Waals surface area contributed by atoms with Crippen molar-refractivity contribution in [3.8, 4) is 0 Å². The van der Waals surface area contributed by atoms with E-state index >= 15 is 0 Å². The van der Waals surface area contributed by atoms with Crippen LogP contribution in [0.3, 0.4) is 0 Å². The molecule has 23 heavy (non-hydrogen) atoms. The molecule has 0 radical (unpaired) electrons. The van der Waals surface area contributed by atoms with E-state index in [1.54, 1.807) is 24.2 Å². The van der Waals surface area contributed by atoms with Crippen molar-refractivity contribution in [2.45, 2.75) is 32.9 Å². The van der Waals surface area contributed by atoms with Crippen LogP contribution in [0.25, 0.3) is 0 Å². The number of nitrogens with zero attached hydrogens (tertiary/aromatic N) is 3. The molecule has 1 amide bonds. The summed E-state index contributed by atoms with van der Waals surface area (Å²) in [5.74, 6) is -1.02. The Labute approximate surface area is 133 Å². The number of hydrogen-bond acceptors (Lipinski definition) is 5. The summed E-state index contributed by atoms with van der Waals surface area (Å²) >= 11 is 0.